The minimum atomic E-state index is 0.310. The summed E-state index contributed by atoms with van der Waals surface area (Å²) < 4.78 is 5.66. The molecule has 0 radical (unpaired) electrons. The Morgan fingerprint density at radius 1 is 1.31 bits per heavy atom. The lowest BCUT2D eigenvalue weighted by Gasteiger charge is -2.15. The van der Waals surface area contributed by atoms with E-state index in [-0.39, 0.29) is 0 Å². The van der Waals surface area contributed by atoms with Crippen LogP contribution in [-0.4, -0.2) is 12.8 Å². The lowest BCUT2D eigenvalue weighted by Crippen LogP contribution is -2.09. The Hall–Kier alpha value is -0.550. The summed E-state index contributed by atoms with van der Waals surface area (Å²) in [6, 6.07) is 8.30. The van der Waals surface area contributed by atoms with E-state index in [0.29, 0.717) is 6.10 Å². The maximum Gasteiger partial charge on any atom is 0.119 e. The molecule has 0 aliphatic heterocycles. The van der Waals surface area contributed by atoms with Crippen LogP contribution in [0, 0.1) is 0 Å². The monoisotopic (exact) mass is 195 g/mol. The second kappa shape index (κ2) is 5.24. The van der Waals surface area contributed by atoms with Crippen molar-refractivity contribution in [2.45, 2.75) is 26.4 Å². The first-order valence-electron chi connectivity index (χ1n) is 4.62. The Balaban J connectivity index is 2.58. The van der Waals surface area contributed by atoms with Gasteiger partial charge in [0.05, 0.1) is 6.10 Å². The fourth-order valence-corrected chi connectivity index (χ4v) is 1.44. The van der Waals surface area contributed by atoms with E-state index in [1.165, 1.54) is 13.9 Å². The molecule has 1 nitrogen and oxygen atoms in total. The molecule has 1 aromatic rings. The van der Waals surface area contributed by atoms with Crippen LogP contribution < -0.4 is 10.0 Å². The Morgan fingerprint density at radius 3 is 2.38 bits per heavy atom. The summed E-state index contributed by atoms with van der Waals surface area (Å²) in [5.41, 5.74) is 0. The van der Waals surface area contributed by atoms with Crippen LogP contribution in [0.4, 0.5) is 0 Å². The van der Waals surface area contributed by atoms with Crippen molar-refractivity contribution in [3.8, 4) is 5.75 Å². The van der Waals surface area contributed by atoms with E-state index in [4.69, 9.17) is 4.74 Å². The predicted molar refractivity (Wildman–Crippen MR) is 59.3 cm³/mol. The van der Waals surface area contributed by atoms with Crippen molar-refractivity contribution >= 4 is 13.9 Å². The van der Waals surface area contributed by atoms with Crippen molar-refractivity contribution in [1.82, 2.24) is 0 Å². The maximum atomic E-state index is 5.66. The van der Waals surface area contributed by atoms with Crippen molar-refractivity contribution in [2.24, 2.45) is 0 Å². The van der Waals surface area contributed by atoms with Crippen LogP contribution in [0.3, 0.4) is 0 Å². The number of ether oxygens (including phenoxy) is 1. The van der Waals surface area contributed by atoms with Crippen LogP contribution in [0.2, 0.25) is 0 Å². The SMILES string of the molecule is CCC(C)Oc1ccc([P-]C)cc1. The Bertz CT molecular complexity index is 243. The summed E-state index contributed by atoms with van der Waals surface area (Å²) in [5.74, 6) is 0.974. The van der Waals surface area contributed by atoms with Gasteiger partial charge in [0.1, 0.15) is 5.75 Å². The zero-order valence-corrected chi connectivity index (χ0v) is 9.34. The smallest absolute Gasteiger partial charge is 0.119 e. The zero-order valence-electron chi connectivity index (χ0n) is 8.45. The molecule has 0 fully saturated rings. The average Bonchev–Trinajstić information content (AvgIpc) is 2.19. The highest BCUT2D eigenvalue weighted by Crippen LogP contribution is 2.14. The minimum absolute atomic E-state index is 0.310. The van der Waals surface area contributed by atoms with Crippen LogP contribution in [0.5, 0.6) is 5.75 Å². The molecule has 1 unspecified atom stereocenters. The van der Waals surface area contributed by atoms with Crippen LogP contribution in [0.15, 0.2) is 24.3 Å². The van der Waals surface area contributed by atoms with Gasteiger partial charge in [0, 0.05) is 0 Å². The first kappa shape index (κ1) is 10.5. The molecule has 72 valence electrons. The van der Waals surface area contributed by atoms with Crippen molar-refractivity contribution < 1.29 is 4.74 Å². The van der Waals surface area contributed by atoms with Gasteiger partial charge < -0.3 is 13.3 Å². The molecule has 0 saturated carbocycles. The third-order valence-electron chi connectivity index (χ3n) is 2.01. The largest absolute Gasteiger partial charge is 0.510 e. The topological polar surface area (TPSA) is 9.23 Å². The number of hydrogen-bond acceptors (Lipinski definition) is 1. The summed E-state index contributed by atoms with van der Waals surface area (Å²) in [6.07, 6.45) is 1.36. The van der Waals surface area contributed by atoms with Crippen LogP contribution in [0.1, 0.15) is 20.3 Å². The summed E-state index contributed by atoms with van der Waals surface area (Å²) >= 11 is 0. The van der Waals surface area contributed by atoms with Gasteiger partial charge in [0.15, 0.2) is 0 Å². The molecule has 0 spiro atoms. The van der Waals surface area contributed by atoms with Crippen molar-refractivity contribution in [3.63, 3.8) is 0 Å². The van der Waals surface area contributed by atoms with Gasteiger partial charge in [-0.25, -0.2) is 5.30 Å². The van der Waals surface area contributed by atoms with Gasteiger partial charge in [-0.05, 0) is 25.5 Å². The van der Waals surface area contributed by atoms with E-state index in [0.717, 1.165) is 12.2 Å². The van der Waals surface area contributed by atoms with Crippen molar-refractivity contribution in [3.05, 3.63) is 24.3 Å². The van der Waals surface area contributed by atoms with Crippen LogP contribution >= 0.6 is 8.58 Å². The molecule has 0 amide bonds. The molecular formula is C11H16OP-. The number of hydrogen-bond donors (Lipinski definition) is 0. The lowest BCUT2D eigenvalue weighted by molar-refractivity contribution is 0.217. The molecule has 1 rings (SSSR count). The fourth-order valence-electron chi connectivity index (χ4n) is 0.989. The maximum absolute atomic E-state index is 5.66. The third-order valence-corrected chi connectivity index (χ3v) is 2.82. The number of rotatable bonds is 4. The molecule has 0 N–H and O–H groups in total. The van der Waals surface area contributed by atoms with Crippen molar-refractivity contribution in [1.29, 1.82) is 0 Å². The van der Waals surface area contributed by atoms with Gasteiger partial charge in [-0.15, -0.1) is 0 Å². The molecule has 1 aromatic carbocycles. The molecule has 13 heavy (non-hydrogen) atoms. The van der Waals surface area contributed by atoms with Crippen LogP contribution in [0.25, 0.3) is 0 Å². The molecular weight excluding hydrogens is 179 g/mol. The van der Waals surface area contributed by atoms with Gasteiger partial charge in [0.25, 0.3) is 0 Å². The highest BCUT2D eigenvalue weighted by Gasteiger charge is 1.98. The zero-order chi connectivity index (χ0) is 9.68. The molecule has 2 heteroatoms. The molecule has 1 atom stereocenters. The highest BCUT2D eigenvalue weighted by atomic mass is 31.1. The quantitative estimate of drug-likeness (QED) is 0.671. The fraction of sp³-hybridized carbons (Fsp3) is 0.455. The Labute approximate surface area is 82.3 Å². The van der Waals surface area contributed by atoms with Gasteiger partial charge >= 0.3 is 0 Å². The summed E-state index contributed by atoms with van der Waals surface area (Å²) in [5, 5.41) is 1.33. The molecule has 0 saturated heterocycles. The van der Waals surface area contributed by atoms with Crippen LogP contribution in [-0.2, 0) is 0 Å². The Morgan fingerprint density at radius 2 is 1.92 bits per heavy atom. The standard InChI is InChI=1S/C11H16OP/c1-4-9(2)12-10-5-7-11(13-3)8-6-10/h5-9H,4H2,1-3H3/q-1. The van der Waals surface area contributed by atoms with Gasteiger partial charge in [0.2, 0.25) is 0 Å². The van der Waals surface area contributed by atoms with Gasteiger partial charge in [-0.1, -0.05) is 19.1 Å². The van der Waals surface area contributed by atoms with E-state index in [1.807, 2.05) is 12.1 Å². The molecule has 0 aliphatic carbocycles. The second-order valence-electron chi connectivity index (χ2n) is 3.05. The van der Waals surface area contributed by atoms with Gasteiger partial charge in [-0.2, -0.15) is 6.66 Å². The normalized spacial score (nSPS) is 13.5. The molecule has 0 heterocycles. The first-order chi connectivity index (χ1) is 6.26. The molecule has 0 aliphatic rings. The second-order valence-corrected chi connectivity index (χ2v) is 4.02. The predicted octanol–water partition coefficient (Wildman–Crippen LogP) is 3.07. The van der Waals surface area contributed by atoms with Gasteiger partial charge in [-0.3, -0.25) is 0 Å². The summed E-state index contributed by atoms with van der Waals surface area (Å²) in [6.45, 7) is 6.35. The first-order valence-corrected chi connectivity index (χ1v) is 5.97. The third kappa shape index (κ3) is 3.36. The van der Waals surface area contributed by atoms with E-state index >= 15 is 0 Å². The van der Waals surface area contributed by atoms with E-state index < -0.39 is 0 Å². The molecule has 0 bridgehead atoms. The van der Waals surface area contributed by atoms with E-state index in [9.17, 15) is 0 Å². The number of benzene rings is 1. The average molecular weight is 195 g/mol. The highest BCUT2D eigenvalue weighted by molar-refractivity contribution is 7.46. The Kier molecular flexibility index (Phi) is 4.24. The van der Waals surface area contributed by atoms with E-state index in [2.05, 4.69) is 32.6 Å². The molecule has 0 aromatic heterocycles. The lowest BCUT2D eigenvalue weighted by atomic mass is 10.3. The summed E-state index contributed by atoms with van der Waals surface area (Å²) in [4.78, 5) is 0. The van der Waals surface area contributed by atoms with E-state index in [1.54, 1.807) is 0 Å². The summed E-state index contributed by atoms with van der Waals surface area (Å²) in [7, 11) is 1.31. The minimum Gasteiger partial charge on any atom is -0.510 e. The van der Waals surface area contributed by atoms with Crippen molar-refractivity contribution in [2.75, 3.05) is 6.66 Å².